The Morgan fingerprint density at radius 2 is 0.844 bits per heavy atom. The van der Waals surface area contributed by atoms with Gasteiger partial charge >= 0.3 is 5.97 Å². The highest BCUT2D eigenvalue weighted by Gasteiger charge is 2.17. The molecule has 0 radical (unpaired) electrons. The molecule has 0 bridgehead atoms. The molecule has 10 heterocycles. The number of fused-ring (bicyclic) bond motifs is 10. The number of carboxylic acids is 1. The van der Waals surface area contributed by atoms with E-state index in [0.29, 0.717) is 60.3 Å². The number of aryl methyl sites for hydroxylation is 3. The minimum atomic E-state index is -0.918. The molecule has 20 rings (SSSR count). The van der Waals surface area contributed by atoms with E-state index in [2.05, 4.69) is 75.0 Å². The van der Waals surface area contributed by atoms with Gasteiger partial charge in [0.1, 0.15) is 28.8 Å². The van der Waals surface area contributed by atoms with Crippen LogP contribution in [0, 0.1) is 72.6 Å². The smallest absolute Gasteiger partial charge is 0.336 e. The van der Waals surface area contributed by atoms with E-state index in [0.717, 1.165) is 89.0 Å². The molecule has 0 spiro atoms. The number of carbonyl (C=O) groups is 2. The van der Waals surface area contributed by atoms with Crippen LogP contribution in [0.2, 0.25) is 0 Å². The Labute approximate surface area is 730 Å². The normalized spacial score (nSPS) is 10.1. The summed E-state index contributed by atoms with van der Waals surface area (Å²) < 4.78 is 15.6. The molecular weight excluding hydrogens is 1620 g/mol. The van der Waals surface area contributed by atoms with Crippen molar-refractivity contribution in [2.45, 2.75) is 20.8 Å². The van der Waals surface area contributed by atoms with Crippen LogP contribution < -0.4 is 14.2 Å². The fourth-order valence-electron chi connectivity index (χ4n) is 12.8. The Hall–Kier alpha value is -18.1. The number of non-ortho nitro benzene ring substituents is 3. The third kappa shape index (κ3) is 24.0. The number of pyridine rings is 10. The first kappa shape index (κ1) is 90.7. The number of carbonyl (C=O) groups excluding carboxylic acids is 1. The summed E-state index contributed by atoms with van der Waals surface area (Å²) in [4.78, 5) is 103. The number of aldehydes is 1. The van der Waals surface area contributed by atoms with Gasteiger partial charge in [0.25, 0.3) is 22.7 Å². The molecule has 0 saturated heterocycles. The summed E-state index contributed by atoms with van der Waals surface area (Å²) >= 11 is 0. The number of carboxylic acid groups (broad SMARTS) is 1. The van der Waals surface area contributed by atoms with Gasteiger partial charge in [-0.1, -0.05) is 109 Å². The highest BCUT2D eigenvalue weighted by atomic mass is 16.6. The van der Waals surface area contributed by atoms with E-state index >= 15 is 0 Å². The van der Waals surface area contributed by atoms with Gasteiger partial charge in [-0.3, -0.25) is 95.1 Å². The first-order valence-corrected chi connectivity index (χ1v) is 38.9. The Bertz CT molecular complexity index is 7130. The average Bonchev–Trinajstić information content (AvgIpc) is 0.781. The Kier molecular flexibility index (Phi) is 31.9. The number of para-hydroxylation sites is 3. The molecule has 0 unspecified atom stereocenters. The summed E-state index contributed by atoms with van der Waals surface area (Å²) in [6.45, 7) is 5.84. The number of nitro groups is 4. The highest BCUT2D eigenvalue weighted by molar-refractivity contribution is 6.02. The molecule has 0 amide bonds. The quantitative estimate of drug-likeness (QED) is 0.0796. The van der Waals surface area contributed by atoms with Crippen molar-refractivity contribution in [1.29, 1.82) is 5.26 Å². The lowest BCUT2D eigenvalue weighted by atomic mass is 10.1. The van der Waals surface area contributed by atoms with Crippen molar-refractivity contribution < 1.29 is 48.6 Å². The molecule has 0 fully saturated rings. The van der Waals surface area contributed by atoms with Crippen LogP contribution in [0.1, 0.15) is 43.0 Å². The van der Waals surface area contributed by atoms with Crippen LogP contribution in [0.15, 0.2) is 347 Å². The van der Waals surface area contributed by atoms with E-state index in [-0.39, 0.29) is 32.6 Å². The summed E-state index contributed by atoms with van der Waals surface area (Å²) in [5.41, 5.74) is 11.6. The van der Waals surface area contributed by atoms with E-state index in [1.807, 2.05) is 147 Å². The van der Waals surface area contributed by atoms with Crippen LogP contribution in [0.4, 0.5) is 22.7 Å². The highest BCUT2D eigenvalue weighted by Crippen LogP contribution is 2.33. The molecule has 10 aromatic heterocycles. The summed E-state index contributed by atoms with van der Waals surface area (Å²) in [5.74, 6) is 1.49. The topological polar surface area (TPSA) is 407 Å². The standard InChI is InChI=1S/C12H13NO2.C11H11NO.C10H8N2O2.C10H6N2.C10H7NO2.C10H7NO.3C9H6N2O2.C9H7N/c1-8-4-5-13-12-10(8)6-9(14-2)7-11(12)15-3;1-8-5-6-12-11-4-3-9(13-2)7-10(8)11;1-7-4-5-9-8(3-2-6-11-9)10(7)12(13)14;11-6-8-5-9-3-1-2-4-10(9)12-7-8;12-10(13)8-5-6-11-9-4-2-1-3-7(8)9;12-7-8-5-6-11-10-4-2-1-3-9(8)10;12-11(13)9-5-1-4-8-7(9)3-2-6-10-8;12-11(13)8-3-4-9-7(6-8)2-1-5-10-9;12-11(13)9-3-1-2-7-6-10-5-4-8(7)9;1-2-4-9-7-10-6-5-8(9)3-1/h4-7H,1-3H3;3-7H,1-2H3;2-6H,1H3;1-5,7H;1-6H,(H,12,13);1-7H;3*1-6H;1-7H. The van der Waals surface area contributed by atoms with Crippen LogP contribution in [0.25, 0.3) is 109 Å². The number of nitrogens with zero attached hydrogens (tertiary/aromatic N) is 15. The number of ether oxygens (including phenoxy) is 3. The second-order valence-electron chi connectivity index (χ2n) is 27.3. The second kappa shape index (κ2) is 45.0. The zero-order valence-electron chi connectivity index (χ0n) is 69.4. The number of benzene rings is 10. The number of hydrogen-bond acceptors (Lipinski definition) is 24. The largest absolute Gasteiger partial charge is 0.497 e. The number of aromatic nitrogens is 10. The second-order valence-corrected chi connectivity index (χ2v) is 27.3. The molecule has 10 aromatic carbocycles. The molecule has 0 aliphatic heterocycles. The van der Waals surface area contributed by atoms with Gasteiger partial charge in [-0.05, 0) is 176 Å². The third-order valence-corrected chi connectivity index (χ3v) is 19.2. The third-order valence-electron chi connectivity index (χ3n) is 19.2. The molecule has 0 saturated carbocycles. The number of aromatic carboxylic acids is 1. The van der Waals surface area contributed by atoms with Gasteiger partial charge < -0.3 is 19.3 Å². The van der Waals surface area contributed by atoms with E-state index in [4.69, 9.17) is 24.6 Å². The van der Waals surface area contributed by atoms with E-state index in [1.54, 1.807) is 187 Å². The Morgan fingerprint density at radius 1 is 0.359 bits per heavy atom. The van der Waals surface area contributed by atoms with Crippen molar-refractivity contribution in [3.05, 3.63) is 421 Å². The van der Waals surface area contributed by atoms with Crippen LogP contribution in [0.3, 0.4) is 0 Å². The maximum Gasteiger partial charge on any atom is 0.336 e. The van der Waals surface area contributed by atoms with Gasteiger partial charge in [0.2, 0.25) is 0 Å². The van der Waals surface area contributed by atoms with Crippen molar-refractivity contribution >= 4 is 144 Å². The molecule has 128 heavy (non-hydrogen) atoms. The summed E-state index contributed by atoms with van der Waals surface area (Å²) in [7, 11) is 4.96. The lowest BCUT2D eigenvalue weighted by Crippen LogP contribution is -1.97. The lowest BCUT2D eigenvalue weighted by molar-refractivity contribution is -0.384. The number of nitro benzene ring substituents is 4. The zero-order chi connectivity index (χ0) is 90.9. The number of hydrogen-bond donors (Lipinski definition) is 1. The van der Waals surface area contributed by atoms with Crippen molar-refractivity contribution in [2.75, 3.05) is 21.3 Å². The minimum absolute atomic E-state index is 0.0977. The van der Waals surface area contributed by atoms with Crippen molar-refractivity contribution in [3.63, 3.8) is 0 Å². The van der Waals surface area contributed by atoms with Gasteiger partial charge in [0.15, 0.2) is 6.29 Å². The predicted molar refractivity (Wildman–Crippen MR) is 495 cm³/mol. The number of rotatable bonds is 9. The van der Waals surface area contributed by atoms with E-state index in [1.165, 1.54) is 52.9 Å². The van der Waals surface area contributed by atoms with Gasteiger partial charge in [0.05, 0.1) is 107 Å². The van der Waals surface area contributed by atoms with Gasteiger partial charge in [-0.15, -0.1) is 0 Å². The molecule has 632 valence electrons. The monoisotopic (exact) mass is 1700 g/mol. The van der Waals surface area contributed by atoms with Crippen molar-refractivity contribution in [1.82, 2.24) is 49.8 Å². The van der Waals surface area contributed by atoms with Crippen LogP contribution in [-0.2, 0) is 0 Å². The van der Waals surface area contributed by atoms with Gasteiger partial charge in [-0.25, -0.2) is 4.79 Å². The minimum Gasteiger partial charge on any atom is -0.497 e. The van der Waals surface area contributed by atoms with Gasteiger partial charge in [-0.2, -0.15) is 5.26 Å². The first-order chi connectivity index (χ1) is 62.2. The van der Waals surface area contributed by atoms with Crippen LogP contribution in [-0.4, -0.2) is 108 Å². The first-order valence-electron chi connectivity index (χ1n) is 38.9. The zero-order valence-corrected chi connectivity index (χ0v) is 69.4. The van der Waals surface area contributed by atoms with Crippen LogP contribution in [0.5, 0.6) is 17.2 Å². The van der Waals surface area contributed by atoms with Gasteiger partial charge in [0, 0.05) is 154 Å². The van der Waals surface area contributed by atoms with Crippen molar-refractivity contribution in [2.24, 2.45) is 0 Å². The van der Waals surface area contributed by atoms with E-state index in [9.17, 15) is 50.0 Å². The maximum absolute atomic E-state index is 10.8. The molecule has 0 aliphatic carbocycles. The Balaban J connectivity index is 0.000000138. The maximum atomic E-state index is 10.8. The lowest BCUT2D eigenvalue weighted by Gasteiger charge is -2.09. The molecule has 1 N–H and O–H groups in total. The molecule has 29 nitrogen and oxygen atoms in total. The summed E-state index contributed by atoms with van der Waals surface area (Å²) in [6, 6.07) is 83.5. The summed E-state index contributed by atoms with van der Waals surface area (Å²) in [6.07, 6.45) is 20.9. The van der Waals surface area contributed by atoms with E-state index < -0.39 is 15.8 Å². The molecule has 29 heteroatoms. The fraction of sp³-hybridized carbons (Fsp3) is 0.0606. The number of methoxy groups -OCH3 is 3. The summed E-state index contributed by atoms with van der Waals surface area (Å²) in [5, 5.41) is 70.5. The SMILES string of the molecule is COc1cc(OC)c2nccc(C)c2c1.COc1ccc2nccc(C)c2c1.Cc1ccc2ncccc2c1[N+](=O)[O-].N#Cc1cnc2ccccc2c1.O=C(O)c1ccnc2ccccc12.O=Cc1ccnc2ccccc12.O=[N+]([O-])c1ccc2ncccc2c1.O=[N+]([O-])c1cccc2cnccc12.O=[N+]([O-])c1cccc2ncccc12.c1ccc2cnccc2c1. The molecule has 0 aliphatic rings. The molecule has 20 aromatic rings. The molecular formula is C99H77N15O14. The van der Waals surface area contributed by atoms with Crippen LogP contribution >= 0.6 is 0 Å². The Morgan fingerprint density at radius 3 is 1.50 bits per heavy atom. The average molecular weight is 1700 g/mol. The molecule has 0 atom stereocenters. The number of nitriles is 1. The fourth-order valence-corrected chi connectivity index (χ4v) is 12.8. The van der Waals surface area contributed by atoms with Crippen molar-refractivity contribution in [3.8, 4) is 23.3 Å². The predicted octanol–water partition coefficient (Wildman–Crippen LogP) is 22.3.